The average Bonchev–Trinajstić information content (AvgIpc) is 2.61. The van der Waals surface area contributed by atoms with E-state index in [-0.39, 0.29) is 23.1 Å². The minimum Gasteiger partial charge on any atom is -0.481 e. The number of amides is 2. The van der Waals surface area contributed by atoms with Gasteiger partial charge in [0.25, 0.3) is 5.91 Å². The van der Waals surface area contributed by atoms with Gasteiger partial charge in [0, 0.05) is 17.3 Å². The van der Waals surface area contributed by atoms with Crippen molar-refractivity contribution < 1.29 is 14.3 Å². The zero-order chi connectivity index (χ0) is 20.9. The molecule has 2 amide bonds. The van der Waals surface area contributed by atoms with Crippen LogP contribution in [0.3, 0.4) is 0 Å². The summed E-state index contributed by atoms with van der Waals surface area (Å²) in [7, 11) is 0. The molecular weight excluding hydrogens is 352 g/mol. The fourth-order valence-electron chi connectivity index (χ4n) is 2.50. The number of nitrogens with one attached hydrogen (secondary N) is 2. The summed E-state index contributed by atoms with van der Waals surface area (Å²) in [5.41, 5.74) is 2.52. The van der Waals surface area contributed by atoms with E-state index >= 15 is 0 Å². The molecule has 0 spiro atoms. The van der Waals surface area contributed by atoms with Gasteiger partial charge < -0.3 is 15.4 Å². The first-order chi connectivity index (χ1) is 13.1. The molecule has 1 unspecified atom stereocenters. The average molecular weight is 383 g/mol. The van der Waals surface area contributed by atoms with Crippen LogP contribution in [-0.2, 0) is 15.0 Å². The zero-order valence-electron chi connectivity index (χ0n) is 17.5. The van der Waals surface area contributed by atoms with Gasteiger partial charge in [-0.25, -0.2) is 0 Å². The van der Waals surface area contributed by atoms with Gasteiger partial charge >= 0.3 is 0 Å². The fraction of sp³-hybridized carbons (Fsp3) is 0.391. The van der Waals surface area contributed by atoms with E-state index < -0.39 is 6.10 Å². The molecule has 0 aliphatic heterocycles. The Morgan fingerprint density at radius 3 is 1.89 bits per heavy atom. The van der Waals surface area contributed by atoms with Crippen molar-refractivity contribution in [1.29, 1.82) is 0 Å². The van der Waals surface area contributed by atoms with Gasteiger partial charge in [-0.15, -0.1) is 0 Å². The number of ether oxygens (including phenoxy) is 1. The molecule has 28 heavy (non-hydrogen) atoms. The Kier molecular flexibility index (Phi) is 6.84. The molecule has 5 nitrogen and oxygen atoms in total. The Hall–Kier alpha value is -2.82. The maximum atomic E-state index is 12.5. The number of hydrogen-bond acceptors (Lipinski definition) is 3. The summed E-state index contributed by atoms with van der Waals surface area (Å²) < 4.78 is 5.76. The van der Waals surface area contributed by atoms with E-state index in [0.717, 1.165) is 0 Å². The quantitative estimate of drug-likeness (QED) is 0.740. The third kappa shape index (κ3) is 6.12. The lowest BCUT2D eigenvalue weighted by atomic mass is 9.87. The van der Waals surface area contributed by atoms with Crippen molar-refractivity contribution in [1.82, 2.24) is 0 Å². The van der Waals surface area contributed by atoms with E-state index in [1.807, 2.05) is 38.1 Å². The third-order valence-corrected chi connectivity index (χ3v) is 4.32. The molecule has 0 bridgehead atoms. The minimum atomic E-state index is -0.658. The predicted octanol–water partition coefficient (Wildman–Crippen LogP) is 4.98. The largest absolute Gasteiger partial charge is 0.481 e. The van der Waals surface area contributed by atoms with Crippen molar-refractivity contribution in [2.75, 3.05) is 10.6 Å². The van der Waals surface area contributed by atoms with Gasteiger partial charge in [-0.2, -0.15) is 0 Å². The van der Waals surface area contributed by atoms with Gasteiger partial charge in [0.05, 0.1) is 0 Å². The van der Waals surface area contributed by atoms with E-state index in [4.69, 9.17) is 4.74 Å². The van der Waals surface area contributed by atoms with Gasteiger partial charge in [0.1, 0.15) is 5.75 Å². The molecule has 0 radical (unpaired) electrons. The highest BCUT2D eigenvalue weighted by Crippen LogP contribution is 2.25. The molecular formula is C23H30N2O3. The molecule has 2 aromatic carbocycles. The number of hydrogen-bond donors (Lipinski definition) is 2. The summed E-state index contributed by atoms with van der Waals surface area (Å²) >= 11 is 0. The second-order valence-electron chi connectivity index (χ2n) is 8.25. The Balaban J connectivity index is 1.98. The molecule has 0 saturated carbocycles. The number of carbonyl (C=O) groups is 2. The molecule has 1 atom stereocenters. The van der Waals surface area contributed by atoms with Crippen LogP contribution >= 0.6 is 0 Å². The molecule has 2 rings (SSSR count). The fourth-order valence-corrected chi connectivity index (χ4v) is 2.50. The van der Waals surface area contributed by atoms with Crippen LogP contribution in [0.15, 0.2) is 48.5 Å². The topological polar surface area (TPSA) is 67.4 Å². The SMILES string of the molecule is CC(C)C(=O)Nc1cccc(NC(=O)C(C)Oc2ccc(C(C)(C)C)cc2)c1. The Bertz CT molecular complexity index is 820. The van der Waals surface area contributed by atoms with Crippen LogP contribution in [-0.4, -0.2) is 17.9 Å². The first-order valence-corrected chi connectivity index (χ1v) is 9.55. The van der Waals surface area contributed by atoms with Crippen LogP contribution in [0.4, 0.5) is 11.4 Å². The van der Waals surface area contributed by atoms with Gasteiger partial charge in [-0.1, -0.05) is 52.8 Å². The van der Waals surface area contributed by atoms with Crippen molar-refractivity contribution >= 4 is 23.2 Å². The number of rotatable bonds is 6. The standard InChI is InChI=1S/C23H30N2O3/c1-15(2)21(26)24-18-8-7-9-19(14-18)25-22(27)16(3)28-20-12-10-17(11-13-20)23(4,5)6/h7-16H,1-6H3,(H,24,26)(H,25,27). The van der Waals surface area contributed by atoms with Crippen molar-refractivity contribution in [2.24, 2.45) is 5.92 Å². The lowest BCUT2D eigenvalue weighted by Crippen LogP contribution is -2.30. The van der Waals surface area contributed by atoms with E-state index in [9.17, 15) is 9.59 Å². The lowest BCUT2D eigenvalue weighted by Gasteiger charge is -2.20. The zero-order valence-corrected chi connectivity index (χ0v) is 17.5. The number of carbonyl (C=O) groups excluding carboxylic acids is 2. The smallest absolute Gasteiger partial charge is 0.265 e. The molecule has 0 heterocycles. The van der Waals surface area contributed by atoms with Crippen molar-refractivity contribution in [3.05, 3.63) is 54.1 Å². The second-order valence-corrected chi connectivity index (χ2v) is 8.25. The summed E-state index contributed by atoms with van der Waals surface area (Å²) in [5, 5.41) is 5.65. The Labute approximate surface area is 167 Å². The van der Waals surface area contributed by atoms with Gasteiger partial charge in [0.2, 0.25) is 5.91 Å². The van der Waals surface area contributed by atoms with E-state index in [0.29, 0.717) is 17.1 Å². The molecule has 150 valence electrons. The Morgan fingerprint density at radius 1 is 0.857 bits per heavy atom. The Morgan fingerprint density at radius 2 is 1.39 bits per heavy atom. The van der Waals surface area contributed by atoms with Gasteiger partial charge in [0.15, 0.2) is 6.10 Å². The summed E-state index contributed by atoms with van der Waals surface area (Å²) in [6.45, 7) is 11.8. The maximum Gasteiger partial charge on any atom is 0.265 e. The van der Waals surface area contributed by atoms with Crippen molar-refractivity contribution in [3.63, 3.8) is 0 Å². The highest BCUT2D eigenvalue weighted by Gasteiger charge is 2.17. The molecule has 0 aliphatic rings. The molecule has 0 saturated heterocycles. The highest BCUT2D eigenvalue weighted by molar-refractivity contribution is 5.96. The maximum absolute atomic E-state index is 12.5. The van der Waals surface area contributed by atoms with Crippen molar-refractivity contribution in [3.8, 4) is 5.75 Å². The second kappa shape index (κ2) is 8.91. The summed E-state index contributed by atoms with van der Waals surface area (Å²) in [5.74, 6) is 0.205. The van der Waals surface area contributed by atoms with Crippen LogP contribution in [0.25, 0.3) is 0 Å². The molecule has 0 aromatic heterocycles. The third-order valence-electron chi connectivity index (χ3n) is 4.32. The normalized spacial score (nSPS) is 12.4. The van der Waals surface area contributed by atoms with Crippen LogP contribution in [0.2, 0.25) is 0 Å². The van der Waals surface area contributed by atoms with Crippen LogP contribution < -0.4 is 15.4 Å². The lowest BCUT2D eigenvalue weighted by molar-refractivity contribution is -0.122. The van der Waals surface area contributed by atoms with Crippen LogP contribution in [0.5, 0.6) is 5.75 Å². The summed E-state index contributed by atoms with van der Waals surface area (Å²) in [6.07, 6.45) is -0.658. The first-order valence-electron chi connectivity index (χ1n) is 9.55. The van der Waals surface area contributed by atoms with Gasteiger partial charge in [-0.3, -0.25) is 9.59 Å². The highest BCUT2D eigenvalue weighted by atomic mass is 16.5. The molecule has 0 aliphatic carbocycles. The molecule has 0 fully saturated rings. The van der Waals surface area contributed by atoms with Crippen LogP contribution in [0, 0.1) is 5.92 Å². The van der Waals surface area contributed by atoms with E-state index in [2.05, 4.69) is 31.4 Å². The van der Waals surface area contributed by atoms with E-state index in [1.165, 1.54) is 5.56 Å². The summed E-state index contributed by atoms with van der Waals surface area (Å²) in [4.78, 5) is 24.3. The minimum absolute atomic E-state index is 0.0670. The van der Waals surface area contributed by atoms with E-state index in [1.54, 1.807) is 31.2 Å². The molecule has 2 N–H and O–H groups in total. The first kappa shape index (κ1) is 21.5. The number of benzene rings is 2. The van der Waals surface area contributed by atoms with Crippen LogP contribution in [0.1, 0.15) is 47.1 Å². The molecule has 5 heteroatoms. The molecule has 2 aromatic rings. The number of anilines is 2. The van der Waals surface area contributed by atoms with Crippen molar-refractivity contribution in [2.45, 2.75) is 53.1 Å². The summed E-state index contributed by atoms with van der Waals surface area (Å²) in [6, 6.07) is 14.9. The van der Waals surface area contributed by atoms with Gasteiger partial charge in [-0.05, 0) is 48.2 Å². The monoisotopic (exact) mass is 382 g/mol. The predicted molar refractivity (Wildman–Crippen MR) is 114 cm³/mol.